The van der Waals surface area contributed by atoms with Gasteiger partial charge in [-0.1, -0.05) is 28.1 Å². The van der Waals surface area contributed by atoms with Crippen molar-refractivity contribution in [2.75, 3.05) is 6.54 Å². The third-order valence-electron chi connectivity index (χ3n) is 3.11. The highest BCUT2D eigenvalue weighted by molar-refractivity contribution is 9.10. The highest BCUT2D eigenvalue weighted by Crippen LogP contribution is 2.17. The zero-order valence-electron chi connectivity index (χ0n) is 9.73. The highest BCUT2D eigenvalue weighted by Gasteiger charge is 2.20. The number of amides is 1. The van der Waals surface area contributed by atoms with Gasteiger partial charge >= 0.3 is 0 Å². The largest absolute Gasteiger partial charge is 0.338 e. The number of nitrogens with zero attached hydrogens (tertiary/aromatic N) is 1. The van der Waals surface area contributed by atoms with Crippen molar-refractivity contribution >= 4 is 21.8 Å². The van der Waals surface area contributed by atoms with E-state index in [-0.39, 0.29) is 11.9 Å². The molecule has 3 nitrogen and oxygen atoms in total. The predicted molar refractivity (Wildman–Crippen MR) is 71.4 cm³/mol. The van der Waals surface area contributed by atoms with Gasteiger partial charge in [-0.05, 0) is 30.5 Å². The first-order chi connectivity index (χ1) is 8.15. The fourth-order valence-electron chi connectivity index (χ4n) is 2.08. The Labute approximate surface area is 110 Å². The molecule has 0 bridgehead atoms. The summed E-state index contributed by atoms with van der Waals surface area (Å²) in [6.45, 7) is 1.46. The van der Waals surface area contributed by atoms with Gasteiger partial charge in [-0.15, -0.1) is 0 Å². The predicted octanol–water partition coefficient (Wildman–Crippen LogP) is 2.29. The molecule has 0 spiro atoms. The molecule has 17 heavy (non-hydrogen) atoms. The van der Waals surface area contributed by atoms with Crippen LogP contribution in [0.3, 0.4) is 0 Å². The van der Waals surface area contributed by atoms with E-state index >= 15 is 0 Å². The molecule has 1 saturated heterocycles. The van der Waals surface area contributed by atoms with Crippen LogP contribution in [0.4, 0.5) is 0 Å². The van der Waals surface area contributed by atoms with Crippen LogP contribution in [-0.4, -0.2) is 23.4 Å². The van der Waals surface area contributed by atoms with E-state index < -0.39 is 0 Å². The fourth-order valence-corrected chi connectivity index (χ4v) is 2.53. The third kappa shape index (κ3) is 3.54. The topological polar surface area (TPSA) is 46.3 Å². The van der Waals surface area contributed by atoms with Crippen molar-refractivity contribution in [2.45, 2.75) is 31.8 Å². The molecular weight excluding hydrogens is 280 g/mol. The molecule has 1 aliphatic rings. The molecule has 2 rings (SSSR count). The van der Waals surface area contributed by atoms with Crippen molar-refractivity contribution in [3.05, 3.63) is 34.3 Å². The summed E-state index contributed by atoms with van der Waals surface area (Å²) in [5.41, 5.74) is 7.05. The zero-order valence-corrected chi connectivity index (χ0v) is 11.3. The number of benzene rings is 1. The molecule has 1 aromatic rings. The summed E-state index contributed by atoms with van der Waals surface area (Å²) in [5.74, 6) is 0.220. The van der Waals surface area contributed by atoms with E-state index in [0.717, 1.165) is 29.4 Å². The minimum Gasteiger partial charge on any atom is -0.338 e. The summed E-state index contributed by atoms with van der Waals surface area (Å²) < 4.78 is 1.05. The fraction of sp³-hybridized carbons (Fsp3) is 0.462. The Morgan fingerprint density at radius 3 is 3.00 bits per heavy atom. The molecule has 1 unspecified atom stereocenters. The molecule has 0 aliphatic carbocycles. The molecule has 2 N–H and O–H groups in total. The lowest BCUT2D eigenvalue weighted by Gasteiger charge is -2.20. The Morgan fingerprint density at radius 1 is 1.41 bits per heavy atom. The molecule has 0 aromatic heterocycles. The van der Waals surface area contributed by atoms with E-state index in [1.165, 1.54) is 0 Å². The Balaban J connectivity index is 2.04. The third-order valence-corrected chi connectivity index (χ3v) is 3.61. The maximum Gasteiger partial charge on any atom is 0.222 e. The van der Waals surface area contributed by atoms with E-state index in [2.05, 4.69) is 22.0 Å². The van der Waals surface area contributed by atoms with Crippen LogP contribution in [0.2, 0.25) is 0 Å². The van der Waals surface area contributed by atoms with Gasteiger partial charge in [0.15, 0.2) is 0 Å². The number of hydrogen-bond donors (Lipinski definition) is 1. The molecule has 1 fully saturated rings. The van der Waals surface area contributed by atoms with Crippen LogP contribution in [0.1, 0.15) is 24.8 Å². The molecule has 1 aliphatic heterocycles. The van der Waals surface area contributed by atoms with Crippen molar-refractivity contribution in [1.29, 1.82) is 0 Å². The Morgan fingerprint density at radius 2 is 2.24 bits per heavy atom. The van der Waals surface area contributed by atoms with E-state index in [0.29, 0.717) is 13.0 Å². The Bertz CT molecular complexity index is 408. The van der Waals surface area contributed by atoms with E-state index in [4.69, 9.17) is 5.73 Å². The average Bonchev–Trinajstić information content (AvgIpc) is 2.45. The Kier molecular flexibility index (Phi) is 4.18. The Hall–Kier alpha value is -0.870. The van der Waals surface area contributed by atoms with Gasteiger partial charge in [0.2, 0.25) is 5.91 Å². The number of carbonyl (C=O) groups excluding carboxylic acids is 1. The number of halogens is 1. The average molecular weight is 297 g/mol. The van der Waals surface area contributed by atoms with E-state index in [1.54, 1.807) is 0 Å². The molecule has 1 atom stereocenters. The summed E-state index contributed by atoms with van der Waals surface area (Å²) in [5, 5.41) is 0. The summed E-state index contributed by atoms with van der Waals surface area (Å²) in [6.07, 6.45) is 2.29. The lowest BCUT2D eigenvalue weighted by atomic mass is 10.1. The summed E-state index contributed by atoms with van der Waals surface area (Å²) in [7, 11) is 0. The van der Waals surface area contributed by atoms with Crippen LogP contribution >= 0.6 is 15.9 Å². The van der Waals surface area contributed by atoms with Crippen LogP contribution in [0.5, 0.6) is 0 Å². The minimum atomic E-state index is 0.173. The first-order valence-corrected chi connectivity index (χ1v) is 6.72. The highest BCUT2D eigenvalue weighted by atomic mass is 79.9. The second kappa shape index (κ2) is 5.65. The molecular formula is C13H17BrN2O. The van der Waals surface area contributed by atoms with Crippen molar-refractivity contribution in [1.82, 2.24) is 4.90 Å². The van der Waals surface area contributed by atoms with Crippen molar-refractivity contribution in [3.8, 4) is 0 Å². The molecule has 0 radical (unpaired) electrons. The second-order valence-electron chi connectivity index (χ2n) is 4.53. The van der Waals surface area contributed by atoms with Crippen LogP contribution in [0.25, 0.3) is 0 Å². The summed E-state index contributed by atoms with van der Waals surface area (Å²) >= 11 is 3.44. The molecule has 0 saturated carbocycles. The number of rotatable bonds is 2. The molecule has 1 aromatic carbocycles. The smallest absolute Gasteiger partial charge is 0.222 e. The van der Waals surface area contributed by atoms with Crippen LogP contribution < -0.4 is 5.73 Å². The monoisotopic (exact) mass is 296 g/mol. The maximum absolute atomic E-state index is 11.9. The van der Waals surface area contributed by atoms with E-state index in [9.17, 15) is 4.79 Å². The molecule has 1 heterocycles. The number of nitrogens with two attached hydrogens (primary N) is 1. The summed E-state index contributed by atoms with van der Waals surface area (Å²) in [6, 6.07) is 8.25. The lowest BCUT2D eigenvalue weighted by molar-refractivity contribution is -0.131. The molecule has 4 heteroatoms. The van der Waals surface area contributed by atoms with Crippen molar-refractivity contribution in [2.24, 2.45) is 5.73 Å². The van der Waals surface area contributed by atoms with Crippen LogP contribution in [-0.2, 0) is 11.3 Å². The number of hydrogen-bond acceptors (Lipinski definition) is 2. The van der Waals surface area contributed by atoms with Gasteiger partial charge in [-0.25, -0.2) is 0 Å². The normalized spacial score (nSPS) is 21.4. The lowest BCUT2D eigenvalue weighted by Crippen LogP contribution is -2.30. The van der Waals surface area contributed by atoms with Gasteiger partial charge in [0.05, 0.1) is 0 Å². The van der Waals surface area contributed by atoms with Crippen LogP contribution in [0.15, 0.2) is 28.7 Å². The van der Waals surface area contributed by atoms with Gasteiger partial charge < -0.3 is 10.6 Å². The van der Waals surface area contributed by atoms with Gasteiger partial charge in [0, 0.05) is 30.0 Å². The first kappa shape index (κ1) is 12.6. The maximum atomic E-state index is 11.9. The molecule has 92 valence electrons. The van der Waals surface area contributed by atoms with E-state index in [1.807, 2.05) is 23.1 Å². The zero-order chi connectivity index (χ0) is 12.3. The SMILES string of the molecule is NC1CCC(=O)N(Cc2cccc(Br)c2)CC1. The minimum absolute atomic E-state index is 0.173. The standard InChI is InChI=1S/C13H17BrN2O/c14-11-3-1-2-10(8-11)9-16-7-6-12(15)4-5-13(16)17/h1-3,8,12H,4-7,9,15H2. The first-order valence-electron chi connectivity index (χ1n) is 5.93. The second-order valence-corrected chi connectivity index (χ2v) is 5.45. The van der Waals surface area contributed by atoms with Crippen molar-refractivity contribution in [3.63, 3.8) is 0 Å². The van der Waals surface area contributed by atoms with Crippen molar-refractivity contribution < 1.29 is 4.79 Å². The molecule has 1 amide bonds. The number of carbonyl (C=O) groups is 1. The van der Waals surface area contributed by atoms with Crippen LogP contribution in [0, 0.1) is 0 Å². The van der Waals surface area contributed by atoms with Gasteiger partial charge in [-0.2, -0.15) is 0 Å². The quantitative estimate of drug-likeness (QED) is 0.910. The summed E-state index contributed by atoms with van der Waals surface area (Å²) in [4.78, 5) is 13.8. The van der Waals surface area contributed by atoms with Gasteiger partial charge in [-0.3, -0.25) is 4.79 Å². The van der Waals surface area contributed by atoms with Gasteiger partial charge in [0.1, 0.15) is 0 Å². The number of likely N-dealkylation sites (tertiary alicyclic amines) is 1. The van der Waals surface area contributed by atoms with Gasteiger partial charge in [0.25, 0.3) is 0 Å².